The van der Waals surface area contributed by atoms with Crippen LogP contribution in [0.2, 0.25) is 0 Å². The molecule has 0 unspecified atom stereocenters. The number of carbonyl (C=O) groups excluding carboxylic acids is 1. The van der Waals surface area contributed by atoms with E-state index < -0.39 is 10.8 Å². The molecule has 2 fully saturated rings. The van der Waals surface area contributed by atoms with Gasteiger partial charge in [0, 0.05) is 34.9 Å². The van der Waals surface area contributed by atoms with Gasteiger partial charge in [-0.05, 0) is 31.2 Å². The molecule has 1 amide bonds. The summed E-state index contributed by atoms with van der Waals surface area (Å²) < 4.78 is 11.6. The topological polar surface area (TPSA) is 49.4 Å². The van der Waals surface area contributed by atoms with Crippen molar-refractivity contribution in [3.63, 3.8) is 0 Å². The summed E-state index contributed by atoms with van der Waals surface area (Å²) in [7, 11) is -0.722. The third-order valence-corrected chi connectivity index (χ3v) is 6.84. The quantitative estimate of drug-likeness (QED) is 0.889. The van der Waals surface area contributed by atoms with Gasteiger partial charge in [0.1, 0.15) is 0 Å². The molecule has 132 valence electrons. The summed E-state index contributed by atoms with van der Waals surface area (Å²) in [6.45, 7) is 3.23. The van der Waals surface area contributed by atoms with Crippen molar-refractivity contribution in [1.82, 2.24) is 10.2 Å². The fourth-order valence-electron chi connectivity index (χ4n) is 3.96. The zero-order valence-corrected chi connectivity index (χ0v) is 15.3. The van der Waals surface area contributed by atoms with Crippen LogP contribution in [0.25, 0.3) is 0 Å². The molecule has 0 aromatic heterocycles. The Labute approximate surface area is 147 Å². The molecule has 3 atom stereocenters. The molecule has 2 aliphatic rings. The molecular weight excluding hydrogens is 320 g/mol. The van der Waals surface area contributed by atoms with Gasteiger partial charge in [-0.3, -0.25) is 13.9 Å². The lowest BCUT2D eigenvalue weighted by Gasteiger charge is -2.33. The van der Waals surface area contributed by atoms with Gasteiger partial charge in [-0.1, -0.05) is 43.2 Å². The van der Waals surface area contributed by atoms with E-state index in [0.29, 0.717) is 24.0 Å². The molecule has 1 N–H and O–H groups in total. The standard InChI is InChI=1S/C19H28N2O2S/c1-15-14-24(23)12-11-21(15)13-18(22)20-19(17-9-5-6-10-17)16-7-3-2-4-8-16/h2-4,7-8,15,17,19H,5-6,9-14H2,1H3,(H,20,22)/t15-,19-,24-/m1/s1. The Balaban J connectivity index is 1.64. The number of hydrogen-bond donors (Lipinski definition) is 1. The highest BCUT2D eigenvalue weighted by molar-refractivity contribution is 7.85. The van der Waals surface area contributed by atoms with E-state index in [2.05, 4.69) is 29.3 Å². The lowest BCUT2D eigenvalue weighted by Crippen LogP contribution is -2.49. The Kier molecular flexibility index (Phi) is 6.06. The fourth-order valence-corrected chi connectivity index (χ4v) is 5.31. The highest BCUT2D eigenvalue weighted by atomic mass is 32.2. The molecule has 0 radical (unpaired) electrons. The van der Waals surface area contributed by atoms with Crippen LogP contribution in [0.4, 0.5) is 0 Å². The van der Waals surface area contributed by atoms with Crippen LogP contribution in [-0.4, -0.2) is 45.7 Å². The molecule has 1 saturated carbocycles. The summed E-state index contributed by atoms with van der Waals surface area (Å²) in [4.78, 5) is 14.8. The largest absolute Gasteiger partial charge is 0.348 e. The predicted octanol–water partition coefficient (Wildman–Crippen LogP) is 2.49. The van der Waals surface area contributed by atoms with Crippen LogP contribution in [0, 0.1) is 5.92 Å². The number of benzene rings is 1. The van der Waals surface area contributed by atoms with E-state index >= 15 is 0 Å². The van der Waals surface area contributed by atoms with Crippen molar-refractivity contribution in [2.75, 3.05) is 24.6 Å². The van der Waals surface area contributed by atoms with Crippen LogP contribution in [0.15, 0.2) is 30.3 Å². The first-order chi connectivity index (χ1) is 11.6. The highest BCUT2D eigenvalue weighted by Crippen LogP contribution is 2.35. The third-order valence-electron chi connectivity index (χ3n) is 5.35. The van der Waals surface area contributed by atoms with Crippen molar-refractivity contribution in [3.05, 3.63) is 35.9 Å². The first-order valence-corrected chi connectivity index (χ1v) is 10.6. The number of nitrogens with zero attached hydrogens (tertiary/aromatic N) is 1. The second-order valence-electron chi connectivity index (χ2n) is 7.13. The maximum Gasteiger partial charge on any atom is 0.234 e. The average Bonchev–Trinajstić information content (AvgIpc) is 3.10. The lowest BCUT2D eigenvalue weighted by molar-refractivity contribution is -0.123. The normalized spacial score (nSPS) is 27.0. The Morgan fingerprint density at radius 1 is 1.29 bits per heavy atom. The van der Waals surface area contributed by atoms with Crippen LogP contribution in [0.1, 0.15) is 44.2 Å². The predicted molar refractivity (Wildman–Crippen MR) is 98.2 cm³/mol. The second kappa shape index (κ2) is 8.26. The maximum absolute atomic E-state index is 12.7. The Morgan fingerprint density at radius 2 is 2.00 bits per heavy atom. The SMILES string of the molecule is C[C@@H]1C[S@](=O)CCN1CC(=O)N[C@H](c1ccccc1)C1CCCC1. The van der Waals surface area contributed by atoms with Gasteiger partial charge >= 0.3 is 0 Å². The van der Waals surface area contributed by atoms with Gasteiger partial charge in [0.25, 0.3) is 0 Å². The summed E-state index contributed by atoms with van der Waals surface area (Å²) in [5.74, 6) is 2.00. The van der Waals surface area contributed by atoms with E-state index in [1.54, 1.807) is 0 Å². The van der Waals surface area contributed by atoms with Crippen LogP contribution in [0.3, 0.4) is 0 Å². The highest BCUT2D eigenvalue weighted by Gasteiger charge is 2.29. The van der Waals surface area contributed by atoms with E-state index in [9.17, 15) is 9.00 Å². The van der Waals surface area contributed by atoms with Gasteiger partial charge in [0.15, 0.2) is 0 Å². The summed E-state index contributed by atoms with van der Waals surface area (Å²) in [5.41, 5.74) is 1.21. The van der Waals surface area contributed by atoms with Crippen molar-refractivity contribution in [3.8, 4) is 0 Å². The maximum atomic E-state index is 12.7. The van der Waals surface area contributed by atoms with Gasteiger partial charge in [0.05, 0.1) is 12.6 Å². The van der Waals surface area contributed by atoms with Gasteiger partial charge in [-0.25, -0.2) is 0 Å². The number of amides is 1. The van der Waals surface area contributed by atoms with Gasteiger partial charge < -0.3 is 5.32 Å². The Morgan fingerprint density at radius 3 is 2.67 bits per heavy atom. The van der Waals surface area contributed by atoms with Crippen molar-refractivity contribution in [2.24, 2.45) is 5.92 Å². The number of hydrogen-bond acceptors (Lipinski definition) is 3. The van der Waals surface area contributed by atoms with Gasteiger partial charge in [-0.2, -0.15) is 0 Å². The van der Waals surface area contributed by atoms with Crippen molar-refractivity contribution < 1.29 is 9.00 Å². The Hall–Kier alpha value is -1.20. The summed E-state index contributed by atoms with van der Waals surface area (Å²) >= 11 is 0. The summed E-state index contributed by atoms with van der Waals surface area (Å²) in [6.07, 6.45) is 4.91. The average molecular weight is 349 g/mol. The van der Waals surface area contributed by atoms with Crippen molar-refractivity contribution >= 4 is 16.7 Å². The minimum atomic E-state index is -0.722. The zero-order chi connectivity index (χ0) is 16.9. The van der Waals surface area contributed by atoms with Crippen LogP contribution >= 0.6 is 0 Å². The summed E-state index contributed by atoms with van der Waals surface area (Å²) in [6, 6.07) is 10.7. The number of carbonyl (C=O) groups is 1. The Bertz CT molecular complexity index is 572. The molecular formula is C19H28N2O2S. The molecule has 24 heavy (non-hydrogen) atoms. The molecule has 1 heterocycles. The van der Waals surface area contributed by atoms with Crippen LogP contribution < -0.4 is 5.32 Å². The minimum Gasteiger partial charge on any atom is -0.348 e. The van der Waals surface area contributed by atoms with E-state index in [4.69, 9.17) is 0 Å². The van der Waals surface area contributed by atoms with Crippen LogP contribution in [-0.2, 0) is 15.6 Å². The monoisotopic (exact) mass is 348 g/mol. The molecule has 1 aliphatic carbocycles. The molecule has 3 rings (SSSR count). The zero-order valence-electron chi connectivity index (χ0n) is 14.4. The molecule has 0 spiro atoms. The van der Waals surface area contributed by atoms with Crippen molar-refractivity contribution in [2.45, 2.75) is 44.7 Å². The lowest BCUT2D eigenvalue weighted by atomic mass is 9.91. The molecule has 0 bridgehead atoms. The first kappa shape index (κ1) is 17.6. The van der Waals surface area contributed by atoms with E-state index in [-0.39, 0.29) is 18.0 Å². The minimum absolute atomic E-state index is 0.0929. The molecule has 1 aromatic carbocycles. The number of nitrogens with one attached hydrogen (secondary N) is 1. The third kappa shape index (κ3) is 4.45. The smallest absolute Gasteiger partial charge is 0.234 e. The molecule has 5 heteroatoms. The molecule has 1 aromatic rings. The fraction of sp³-hybridized carbons (Fsp3) is 0.632. The van der Waals surface area contributed by atoms with E-state index in [1.807, 2.05) is 18.2 Å². The van der Waals surface area contributed by atoms with E-state index in [0.717, 1.165) is 6.54 Å². The van der Waals surface area contributed by atoms with Gasteiger partial charge in [-0.15, -0.1) is 0 Å². The number of rotatable bonds is 5. The van der Waals surface area contributed by atoms with Crippen molar-refractivity contribution in [1.29, 1.82) is 0 Å². The van der Waals surface area contributed by atoms with E-state index in [1.165, 1.54) is 31.2 Å². The van der Waals surface area contributed by atoms with Gasteiger partial charge in [0.2, 0.25) is 5.91 Å². The second-order valence-corrected chi connectivity index (χ2v) is 8.75. The molecule has 1 saturated heterocycles. The molecule has 4 nitrogen and oxygen atoms in total. The molecule has 1 aliphatic heterocycles. The first-order valence-electron chi connectivity index (χ1n) is 9.07. The summed E-state index contributed by atoms with van der Waals surface area (Å²) in [5, 5.41) is 3.30. The van der Waals surface area contributed by atoms with Crippen LogP contribution in [0.5, 0.6) is 0 Å².